The largest absolute Gasteiger partial charge is 0.289 e. The van der Waals surface area contributed by atoms with Crippen molar-refractivity contribution in [3.63, 3.8) is 0 Å². The highest BCUT2D eigenvalue weighted by atomic mass is 32.2. The average Bonchev–Trinajstić information content (AvgIpc) is 2.49. The topological polar surface area (TPSA) is 30.0 Å². The molecular formula is C13H9NOS. The van der Waals surface area contributed by atoms with E-state index in [-0.39, 0.29) is 5.78 Å². The molecule has 0 N–H and O–H groups in total. The maximum atomic E-state index is 12.3. The van der Waals surface area contributed by atoms with Gasteiger partial charge < -0.3 is 0 Å². The van der Waals surface area contributed by atoms with Crippen molar-refractivity contribution in [1.82, 2.24) is 4.98 Å². The molecule has 2 nitrogen and oxygen atoms in total. The molecule has 1 aliphatic rings. The molecule has 0 spiro atoms. The van der Waals surface area contributed by atoms with Crippen LogP contribution in [0.1, 0.15) is 21.5 Å². The van der Waals surface area contributed by atoms with E-state index in [2.05, 4.69) is 4.98 Å². The van der Waals surface area contributed by atoms with Crippen LogP contribution in [-0.4, -0.2) is 10.8 Å². The zero-order valence-corrected chi connectivity index (χ0v) is 9.33. The first-order valence-corrected chi connectivity index (χ1v) is 6.04. The maximum Gasteiger partial charge on any atom is 0.194 e. The van der Waals surface area contributed by atoms with E-state index in [0.717, 1.165) is 27.3 Å². The van der Waals surface area contributed by atoms with Gasteiger partial charge in [-0.25, -0.2) is 0 Å². The van der Waals surface area contributed by atoms with Crippen molar-refractivity contribution in [3.8, 4) is 0 Å². The highest BCUT2D eigenvalue weighted by molar-refractivity contribution is 7.98. The summed E-state index contributed by atoms with van der Waals surface area (Å²) in [5.41, 5.74) is 2.61. The molecule has 78 valence electrons. The van der Waals surface area contributed by atoms with Crippen molar-refractivity contribution in [3.05, 3.63) is 59.4 Å². The van der Waals surface area contributed by atoms with Crippen molar-refractivity contribution in [2.75, 3.05) is 0 Å². The minimum Gasteiger partial charge on any atom is -0.289 e. The lowest BCUT2D eigenvalue weighted by Crippen LogP contribution is -2.03. The molecule has 1 aromatic heterocycles. The molecule has 0 radical (unpaired) electrons. The Balaban J connectivity index is 2.22. The fourth-order valence-corrected chi connectivity index (χ4v) is 2.88. The number of nitrogens with zero attached hydrogens (tertiary/aromatic N) is 1. The molecule has 3 rings (SSSR count). The second kappa shape index (κ2) is 3.76. The van der Waals surface area contributed by atoms with E-state index in [1.54, 1.807) is 30.2 Å². The highest BCUT2D eigenvalue weighted by Crippen LogP contribution is 2.32. The molecular weight excluding hydrogens is 218 g/mol. The molecule has 1 aliphatic heterocycles. The number of hydrogen-bond donors (Lipinski definition) is 0. The molecule has 3 heteroatoms. The molecule has 0 atom stereocenters. The van der Waals surface area contributed by atoms with Gasteiger partial charge in [0.05, 0.1) is 0 Å². The van der Waals surface area contributed by atoms with E-state index in [0.29, 0.717) is 0 Å². The van der Waals surface area contributed by atoms with Gasteiger partial charge in [-0.2, -0.15) is 0 Å². The minimum atomic E-state index is 0.109. The van der Waals surface area contributed by atoms with E-state index in [1.165, 1.54) is 0 Å². The number of pyridine rings is 1. The molecule has 0 bridgehead atoms. The third-order valence-electron chi connectivity index (χ3n) is 2.66. The number of fused-ring (bicyclic) bond motifs is 2. The Morgan fingerprint density at radius 1 is 1.12 bits per heavy atom. The first-order valence-electron chi connectivity index (χ1n) is 5.05. The molecule has 0 amide bonds. The Labute approximate surface area is 97.7 Å². The van der Waals surface area contributed by atoms with Crippen LogP contribution in [0.3, 0.4) is 0 Å². The van der Waals surface area contributed by atoms with Crippen molar-refractivity contribution in [2.45, 2.75) is 10.6 Å². The van der Waals surface area contributed by atoms with Crippen LogP contribution in [0.25, 0.3) is 0 Å². The maximum absolute atomic E-state index is 12.3. The van der Waals surface area contributed by atoms with E-state index in [1.807, 2.05) is 24.3 Å². The number of rotatable bonds is 0. The zero-order chi connectivity index (χ0) is 11.0. The van der Waals surface area contributed by atoms with E-state index >= 15 is 0 Å². The van der Waals surface area contributed by atoms with E-state index < -0.39 is 0 Å². The Kier molecular flexibility index (Phi) is 2.26. The van der Waals surface area contributed by atoms with Crippen LogP contribution in [0, 0.1) is 0 Å². The minimum absolute atomic E-state index is 0.109. The number of aromatic nitrogens is 1. The summed E-state index contributed by atoms with van der Waals surface area (Å²) in [7, 11) is 0. The smallest absolute Gasteiger partial charge is 0.194 e. The second-order valence-electron chi connectivity index (χ2n) is 3.65. The Morgan fingerprint density at radius 2 is 2.00 bits per heavy atom. The fourth-order valence-electron chi connectivity index (χ4n) is 1.84. The number of benzene rings is 1. The highest BCUT2D eigenvalue weighted by Gasteiger charge is 2.20. The summed E-state index contributed by atoms with van der Waals surface area (Å²) in [5.74, 6) is 0.921. The van der Waals surface area contributed by atoms with Crippen LogP contribution in [0.5, 0.6) is 0 Å². The van der Waals surface area contributed by atoms with Gasteiger partial charge >= 0.3 is 0 Å². The molecule has 2 heterocycles. The second-order valence-corrected chi connectivity index (χ2v) is 4.66. The summed E-state index contributed by atoms with van der Waals surface area (Å²) in [5, 5.41) is 0. The van der Waals surface area contributed by atoms with Crippen molar-refractivity contribution in [1.29, 1.82) is 0 Å². The normalized spacial score (nSPS) is 13.9. The summed E-state index contributed by atoms with van der Waals surface area (Å²) in [4.78, 5) is 17.4. The molecule has 0 aliphatic carbocycles. The van der Waals surface area contributed by atoms with Crippen LogP contribution in [0.4, 0.5) is 0 Å². The van der Waals surface area contributed by atoms with Gasteiger partial charge in [-0.1, -0.05) is 12.1 Å². The molecule has 0 unspecified atom stereocenters. The summed E-state index contributed by atoms with van der Waals surface area (Å²) in [6.07, 6.45) is 3.46. The number of carbonyl (C=O) groups is 1. The van der Waals surface area contributed by atoms with Crippen LogP contribution in [0.2, 0.25) is 0 Å². The summed E-state index contributed by atoms with van der Waals surface area (Å²) in [6, 6.07) is 9.56. The number of carbonyl (C=O) groups excluding carboxylic acids is 1. The Morgan fingerprint density at radius 3 is 2.94 bits per heavy atom. The van der Waals surface area contributed by atoms with Crippen LogP contribution >= 0.6 is 11.8 Å². The summed E-state index contributed by atoms with van der Waals surface area (Å²) in [6.45, 7) is 0. The van der Waals surface area contributed by atoms with E-state index in [9.17, 15) is 4.79 Å². The quantitative estimate of drug-likeness (QED) is 0.693. The zero-order valence-electron chi connectivity index (χ0n) is 8.51. The molecule has 1 aromatic carbocycles. The lowest BCUT2D eigenvalue weighted by molar-refractivity contribution is 0.103. The van der Waals surface area contributed by atoms with Crippen LogP contribution in [-0.2, 0) is 5.75 Å². The van der Waals surface area contributed by atoms with Gasteiger partial charge in [-0.05, 0) is 23.8 Å². The van der Waals surface area contributed by atoms with Crippen LogP contribution < -0.4 is 0 Å². The third-order valence-corrected chi connectivity index (χ3v) is 3.79. The average molecular weight is 227 g/mol. The summed E-state index contributed by atoms with van der Waals surface area (Å²) >= 11 is 1.70. The van der Waals surface area contributed by atoms with Crippen LogP contribution in [0.15, 0.2) is 47.6 Å². The number of hydrogen-bond acceptors (Lipinski definition) is 3. The number of thioether (sulfide) groups is 1. The lowest BCUT2D eigenvalue weighted by atomic mass is 10.0. The first kappa shape index (κ1) is 9.60. The predicted octanol–water partition coefficient (Wildman–Crippen LogP) is 2.92. The van der Waals surface area contributed by atoms with Crippen molar-refractivity contribution < 1.29 is 4.79 Å². The standard InChI is InChI=1S/C13H9NOS/c15-13-10-5-6-14-7-9(10)8-16-12-4-2-1-3-11(12)13/h1-7H,8H2. The molecule has 0 fully saturated rings. The Hall–Kier alpha value is -1.61. The monoisotopic (exact) mass is 227 g/mol. The van der Waals surface area contributed by atoms with Gasteiger partial charge in [0.1, 0.15) is 0 Å². The SMILES string of the molecule is O=C1c2ccncc2CSc2ccccc21. The van der Waals surface area contributed by atoms with Crippen molar-refractivity contribution in [2.24, 2.45) is 0 Å². The lowest BCUT2D eigenvalue weighted by Gasteiger charge is -2.02. The van der Waals surface area contributed by atoms with Gasteiger partial charge in [0.2, 0.25) is 0 Å². The van der Waals surface area contributed by atoms with Gasteiger partial charge in [0.25, 0.3) is 0 Å². The molecule has 2 aromatic rings. The fraction of sp³-hybridized carbons (Fsp3) is 0.0769. The number of ketones is 1. The van der Waals surface area contributed by atoms with E-state index in [4.69, 9.17) is 0 Å². The third kappa shape index (κ3) is 1.44. The van der Waals surface area contributed by atoms with Crippen molar-refractivity contribution >= 4 is 17.5 Å². The first-order chi connectivity index (χ1) is 7.86. The predicted molar refractivity (Wildman–Crippen MR) is 63.7 cm³/mol. The Bertz CT molecular complexity index is 516. The van der Waals surface area contributed by atoms with Gasteiger partial charge in [0.15, 0.2) is 5.78 Å². The van der Waals surface area contributed by atoms with Gasteiger partial charge in [-0.3, -0.25) is 9.78 Å². The molecule has 0 saturated carbocycles. The van der Waals surface area contributed by atoms with Gasteiger partial charge in [-0.15, -0.1) is 11.8 Å². The summed E-state index contributed by atoms with van der Waals surface area (Å²) < 4.78 is 0. The molecule has 16 heavy (non-hydrogen) atoms. The molecule has 0 saturated heterocycles. The van der Waals surface area contributed by atoms with Gasteiger partial charge in [0, 0.05) is 34.2 Å².